The Morgan fingerprint density at radius 2 is 1.88 bits per heavy atom. The molecule has 0 fully saturated rings. The van der Waals surface area contributed by atoms with Gasteiger partial charge in [-0.25, -0.2) is 9.59 Å². The molecule has 1 heterocycles. The van der Waals surface area contributed by atoms with Crippen molar-refractivity contribution in [1.82, 2.24) is 10.6 Å². The van der Waals surface area contributed by atoms with Crippen LogP contribution in [0.4, 0.5) is 4.79 Å². The van der Waals surface area contributed by atoms with Crippen molar-refractivity contribution in [1.29, 1.82) is 0 Å². The molecule has 1 aromatic carbocycles. The third-order valence-electron chi connectivity index (χ3n) is 2.35. The fourth-order valence-electron chi connectivity index (χ4n) is 1.54. The van der Waals surface area contributed by atoms with Gasteiger partial charge < -0.3 is 20.8 Å². The summed E-state index contributed by atoms with van der Waals surface area (Å²) >= 11 is 0. The summed E-state index contributed by atoms with van der Waals surface area (Å²) in [5.74, 6) is -1.08. The van der Waals surface area contributed by atoms with Gasteiger partial charge in [-0.1, -0.05) is 12.1 Å². The Hall–Kier alpha value is -2.50. The first-order valence-electron chi connectivity index (χ1n) is 4.88. The third-order valence-corrected chi connectivity index (χ3v) is 2.35. The van der Waals surface area contributed by atoms with Crippen LogP contribution in [0, 0.1) is 0 Å². The lowest BCUT2D eigenvalue weighted by Crippen LogP contribution is -2.43. The molecule has 0 spiro atoms. The molecule has 0 saturated carbocycles. The van der Waals surface area contributed by atoms with Gasteiger partial charge in [0, 0.05) is 0 Å². The highest BCUT2D eigenvalue weighted by Gasteiger charge is 2.22. The molecule has 88 valence electrons. The maximum absolute atomic E-state index is 11.3. The van der Waals surface area contributed by atoms with Crippen molar-refractivity contribution in [2.45, 2.75) is 6.04 Å². The number of urea groups is 1. The molecule has 6 heteroatoms. The van der Waals surface area contributed by atoms with Gasteiger partial charge in [0.25, 0.3) is 0 Å². The summed E-state index contributed by atoms with van der Waals surface area (Å²) in [6.45, 7) is 0. The first-order valence-corrected chi connectivity index (χ1v) is 4.88. The second kappa shape index (κ2) is 4.17. The normalized spacial score (nSPS) is 18.9. The van der Waals surface area contributed by atoms with Gasteiger partial charge in [0.1, 0.15) is 11.4 Å². The quantitative estimate of drug-likeness (QED) is 0.605. The molecule has 17 heavy (non-hydrogen) atoms. The lowest BCUT2D eigenvalue weighted by atomic mass is 10.0. The van der Waals surface area contributed by atoms with Gasteiger partial charge in [-0.2, -0.15) is 0 Å². The Balaban J connectivity index is 2.32. The van der Waals surface area contributed by atoms with Crippen LogP contribution in [0.3, 0.4) is 0 Å². The summed E-state index contributed by atoms with van der Waals surface area (Å²) in [4.78, 5) is 22.0. The predicted octanol–water partition coefficient (Wildman–Crippen LogP) is 0.715. The first-order chi connectivity index (χ1) is 8.06. The minimum Gasteiger partial charge on any atom is -0.508 e. The zero-order valence-electron chi connectivity index (χ0n) is 8.68. The molecule has 1 atom stereocenters. The fraction of sp³-hybridized carbons (Fsp3) is 0.0909. The van der Waals surface area contributed by atoms with E-state index in [-0.39, 0.29) is 11.4 Å². The van der Waals surface area contributed by atoms with Crippen LogP contribution in [0.15, 0.2) is 36.0 Å². The number of nitrogens with one attached hydrogen (secondary N) is 2. The lowest BCUT2D eigenvalue weighted by molar-refractivity contribution is -0.133. The summed E-state index contributed by atoms with van der Waals surface area (Å²) < 4.78 is 0. The first kappa shape index (κ1) is 11.0. The highest BCUT2D eigenvalue weighted by molar-refractivity contribution is 5.93. The van der Waals surface area contributed by atoms with Crippen molar-refractivity contribution in [3.8, 4) is 5.75 Å². The molecule has 0 aromatic heterocycles. The van der Waals surface area contributed by atoms with Crippen LogP contribution in [-0.4, -0.2) is 22.2 Å². The van der Waals surface area contributed by atoms with Gasteiger partial charge in [-0.15, -0.1) is 0 Å². The number of carboxylic acids is 1. The Bertz CT molecular complexity index is 493. The van der Waals surface area contributed by atoms with Crippen molar-refractivity contribution in [3.05, 3.63) is 41.6 Å². The molecule has 1 aliphatic heterocycles. The minimum atomic E-state index is -1.19. The van der Waals surface area contributed by atoms with E-state index in [0.717, 1.165) is 0 Å². The molecule has 1 aliphatic rings. The number of carboxylic acid groups (broad SMARTS) is 1. The van der Waals surface area contributed by atoms with E-state index in [2.05, 4.69) is 10.6 Å². The van der Waals surface area contributed by atoms with Gasteiger partial charge in [0.15, 0.2) is 0 Å². The van der Waals surface area contributed by atoms with Crippen LogP contribution < -0.4 is 10.6 Å². The Morgan fingerprint density at radius 1 is 1.24 bits per heavy atom. The number of phenolic OH excluding ortho intramolecular Hbond substituents is 1. The van der Waals surface area contributed by atoms with E-state index < -0.39 is 18.0 Å². The number of phenols is 1. The molecule has 2 amide bonds. The van der Waals surface area contributed by atoms with Crippen LogP contribution in [0.5, 0.6) is 5.75 Å². The molecular weight excluding hydrogens is 224 g/mol. The van der Waals surface area contributed by atoms with Crippen molar-refractivity contribution in [2.75, 3.05) is 0 Å². The van der Waals surface area contributed by atoms with E-state index in [9.17, 15) is 9.59 Å². The van der Waals surface area contributed by atoms with Crippen molar-refractivity contribution < 1.29 is 19.8 Å². The van der Waals surface area contributed by atoms with E-state index >= 15 is 0 Å². The van der Waals surface area contributed by atoms with Gasteiger partial charge in [-0.3, -0.25) is 0 Å². The second-order valence-electron chi connectivity index (χ2n) is 3.55. The number of aromatic hydroxyl groups is 1. The highest BCUT2D eigenvalue weighted by Crippen LogP contribution is 2.20. The van der Waals surface area contributed by atoms with E-state index in [1.54, 1.807) is 12.1 Å². The van der Waals surface area contributed by atoms with Crippen LogP contribution >= 0.6 is 0 Å². The summed E-state index contributed by atoms with van der Waals surface area (Å²) in [7, 11) is 0. The largest absolute Gasteiger partial charge is 0.508 e. The molecular formula is C11H10N2O4. The Labute approximate surface area is 96.6 Å². The molecule has 0 unspecified atom stereocenters. The molecule has 0 aliphatic carbocycles. The standard InChI is InChI=1S/C11H10N2O4/c14-7-3-1-6(2-4-7)8-5-9(10(15)16)13-11(17)12-8/h1-5,8,14H,(H,15,16)(H2,12,13,17)/t8-/m0/s1. The average Bonchev–Trinajstić information content (AvgIpc) is 2.29. The van der Waals surface area contributed by atoms with Crippen LogP contribution in [0.1, 0.15) is 11.6 Å². The maximum Gasteiger partial charge on any atom is 0.352 e. The predicted molar refractivity (Wildman–Crippen MR) is 58.2 cm³/mol. The van der Waals surface area contributed by atoms with E-state index in [1.165, 1.54) is 18.2 Å². The number of carbonyl (C=O) groups is 2. The Morgan fingerprint density at radius 3 is 2.47 bits per heavy atom. The van der Waals surface area contributed by atoms with E-state index in [1.807, 2.05) is 0 Å². The summed E-state index contributed by atoms with van der Waals surface area (Å²) in [6.07, 6.45) is 1.40. The van der Waals surface area contributed by atoms with Crippen molar-refractivity contribution >= 4 is 12.0 Å². The maximum atomic E-state index is 11.3. The third kappa shape index (κ3) is 2.36. The number of carbonyl (C=O) groups excluding carboxylic acids is 1. The zero-order chi connectivity index (χ0) is 12.4. The van der Waals surface area contributed by atoms with Gasteiger partial charge in [0.05, 0.1) is 6.04 Å². The topological polar surface area (TPSA) is 98.7 Å². The summed E-state index contributed by atoms with van der Waals surface area (Å²) in [6, 6.07) is 5.08. The number of hydrogen-bond donors (Lipinski definition) is 4. The molecule has 1 aromatic rings. The number of rotatable bonds is 2. The van der Waals surface area contributed by atoms with Crippen molar-refractivity contribution in [2.24, 2.45) is 0 Å². The SMILES string of the molecule is O=C1NC(C(=O)O)=C[C@@H](c2ccc(O)cc2)N1. The smallest absolute Gasteiger partial charge is 0.352 e. The fourth-order valence-corrected chi connectivity index (χ4v) is 1.54. The molecule has 6 nitrogen and oxygen atoms in total. The van der Waals surface area contributed by atoms with Gasteiger partial charge >= 0.3 is 12.0 Å². The zero-order valence-corrected chi connectivity index (χ0v) is 8.68. The van der Waals surface area contributed by atoms with Gasteiger partial charge in [-0.05, 0) is 23.8 Å². The van der Waals surface area contributed by atoms with Crippen LogP contribution in [0.2, 0.25) is 0 Å². The Kier molecular flexibility index (Phi) is 2.70. The number of hydrogen-bond acceptors (Lipinski definition) is 3. The van der Waals surface area contributed by atoms with Crippen LogP contribution in [-0.2, 0) is 4.79 Å². The molecule has 0 saturated heterocycles. The number of benzene rings is 1. The summed E-state index contributed by atoms with van der Waals surface area (Å²) in [5.41, 5.74) is 0.531. The monoisotopic (exact) mass is 234 g/mol. The van der Waals surface area contributed by atoms with Crippen LogP contribution in [0.25, 0.3) is 0 Å². The van der Waals surface area contributed by atoms with E-state index in [4.69, 9.17) is 10.2 Å². The van der Waals surface area contributed by atoms with Gasteiger partial charge in [0.2, 0.25) is 0 Å². The number of aliphatic carboxylic acids is 1. The average molecular weight is 234 g/mol. The summed E-state index contributed by atoms with van der Waals surface area (Å²) in [5, 5.41) is 22.7. The van der Waals surface area contributed by atoms with Crippen molar-refractivity contribution in [3.63, 3.8) is 0 Å². The molecule has 0 bridgehead atoms. The molecule has 0 radical (unpaired) electrons. The second-order valence-corrected chi connectivity index (χ2v) is 3.55. The molecule has 2 rings (SSSR count). The minimum absolute atomic E-state index is 0.108. The lowest BCUT2D eigenvalue weighted by Gasteiger charge is -2.22. The number of amides is 2. The highest BCUT2D eigenvalue weighted by atomic mass is 16.4. The van der Waals surface area contributed by atoms with E-state index in [0.29, 0.717) is 5.56 Å². The molecule has 4 N–H and O–H groups in total.